The maximum Gasteiger partial charge on any atom is 0.200 e. The average molecular weight is 351 g/mol. The molecule has 0 aromatic heterocycles. The molecule has 0 radical (unpaired) electrons. The Labute approximate surface area is 120 Å². The zero-order valence-corrected chi connectivity index (χ0v) is 12.0. The van der Waals surface area contributed by atoms with Gasteiger partial charge in [-0.2, -0.15) is 0 Å². The summed E-state index contributed by atoms with van der Waals surface area (Å²) in [5, 5.41) is 0. The molecule has 0 unspecified atom stereocenters. The van der Waals surface area contributed by atoms with Gasteiger partial charge in [0.2, 0.25) is 5.82 Å². The first-order valence-corrected chi connectivity index (χ1v) is 6.33. The molecule has 2 aromatic rings. The number of hydrogen-bond acceptors (Lipinski definition) is 0. The van der Waals surface area contributed by atoms with Crippen molar-refractivity contribution in [2.75, 3.05) is 0 Å². The maximum absolute atomic E-state index is 13.8. The molecule has 0 saturated carbocycles. The van der Waals surface area contributed by atoms with Gasteiger partial charge in [-0.3, -0.25) is 0 Å². The SMILES string of the molecule is Cc1cc(C)c(Br)c(-c2c(F)c(F)c(F)c(F)c2F)c1. The molecule has 0 aliphatic rings. The first kappa shape index (κ1) is 15.0. The van der Waals surface area contributed by atoms with E-state index < -0.39 is 34.6 Å². The van der Waals surface area contributed by atoms with Crippen LogP contribution in [0, 0.1) is 42.9 Å². The highest BCUT2D eigenvalue weighted by atomic mass is 79.9. The van der Waals surface area contributed by atoms with Crippen LogP contribution in [0.2, 0.25) is 0 Å². The first-order chi connectivity index (χ1) is 9.25. The number of rotatable bonds is 1. The molecule has 0 aliphatic heterocycles. The summed E-state index contributed by atoms with van der Waals surface area (Å²) in [6.45, 7) is 3.32. The van der Waals surface area contributed by atoms with E-state index in [1.807, 2.05) is 0 Å². The van der Waals surface area contributed by atoms with E-state index in [1.165, 1.54) is 6.07 Å². The summed E-state index contributed by atoms with van der Waals surface area (Å²) in [5.74, 6) is -9.75. The van der Waals surface area contributed by atoms with E-state index >= 15 is 0 Å². The number of halogens is 6. The van der Waals surface area contributed by atoms with Gasteiger partial charge >= 0.3 is 0 Å². The minimum absolute atomic E-state index is 0.0738. The van der Waals surface area contributed by atoms with Crippen molar-refractivity contribution in [3.05, 3.63) is 56.8 Å². The molecule has 20 heavy (non-hydrogen) atoms. The van der Waals surface area contributed by atoms with Crippen LogP contribution < -0.4 is 0 Å². The molecule has 6 heteroatoms. The van der Waals surface area contributed by atoms with Crippen LogP contribution >= 0.6 is 15.9 Å². The summed E-state index contributed by atoms with van der Waals surface area (Å²) < 4.78 is 67.4. The highest BCUT2D eigenvalue weighted by molar-refractivity contribution is 9.10. The summed E-state index contributed by atoms with van der Waals surface area (Å²) in [4.78, 5) is 0. The van der Waals surface area contributed by atoms with Crippen LogP contribution in [0.4, 0.5) is 22.0 Å². The molecule has 0 aliphatic carbocycles. The second-order valence-corrected chi connectivity index (χ2v) is 5.18. The number of benzene rings is 2. The molecular formula is C14H8BrF5. The molecule has 0 nitrogen and oxygen atoms in total. The summed E-state index contributed by atoms with van der Waals surface area (Å²) in [7, 11) is 0. The first-order valence-electron chi connectivity index (χ1n) is 5.54. The smallest absolute Gasteiger partial charge is 0.200 e. The Morgan fingerprint density at radius 3 is 1.70 bits per heavy atom. The third-order valence-electron chi connectivity index (χ3n) is 2.88. The Kier molecular flexibility index (Phi) is 3.86. The van der Waals surface area contributed by atoms with Gasteiger partial charge in [0.05, 0.1) is 5.56 Å². The van der Waals surface area contributed by atoms with Crippen molar-refractivity contribution in [1.29, 1.82) is 0 Å². The normalized spacial score (nSPS) is 11.0. The predicted molar refractivity (Wildman–Crippen MR) is 68.8 cm³/mol. The molecule has 0 saturated heterocycles. The molecule has 0 fully saturated rings. The third-order valence-corrected chi connectivity index (χ3v) is 3.93. The number of aryl methyl sites for hydroxylation is 2. The molecule has 0 heterocycles. The minimum atomic E-state index is -2.16. The Balaban J connectivity index is 2.91. The molecule has 0 bridgehead atoms. The Hall–Kier alpha value is -1.43. The standard InChI is InChI=1S/C14H8BrF5/c1-5-3-6(2)9(15)7(4-5)8-10(16)12(18)14(20)13(19)11(8)17/h3-4H,1-2H3. The molecule has 2 aromatic carbocycles. The van der Waals surface area contributed by atoms with E-state index in [1.54, 1.807) is 19.9 Å². The summed E-state index contributed by atoms with van der Waals surface area (Å²) in [6.07, 6.45) is 0. The second-order valence-electron chi connectivity index (χ2n) is 4.39. The second kappa shape index (κ2) is 5.16. The summed E-state index contributed by atoms with van der Waals surface area (Å²) in [6, 6.07) is 3.08. The third kappa shape index (κ3) is 2.22. The van der Waals surface area contributed by atoms with Gasteiger partial charge in [-0.1, -0.05) is 17.7 Å². The van der Waals surface area contributed by atoms with Crippen molar-refractivity contribution < 1.29 is 22.0 Å². The van der Waals surface area contributed by atoms with Gasteiger partial charge in [-0.05, 0) is 35.3 Å². The molecule has 0 N–H and O–H groups in total. The molecule has 106 valence electrons. The zero-order chi connectivity index (χ0) is 15.2. The van der Waals surface area contributed by atoms with Gasteiger partial charge in [-0.25, -0.2) is 22.0 Å². The van der Waals surface area contributed by atoms with E-state index in [4.69, 9.17) is 0 Å². The fourth-order valence-electron chi connectivity index (χ4n) is 1.97. The Morgan fingerprint density at radius 1 is 0.750 bits per heavy atom. The van der Waals surface area contributed by atoms with Gasteiger partial charge in [-0.15, -0.1) is 0 Å². The molecule has 2 rings (SSSR count). The van der Waals surface area contributed by atoms with E-state index in [0.717, 1.165) is 0 Å². The van der Waals surface area contributed by atoms with Crippen LogP contribution in [0.25, 0.3) is 11.1 Å². The Morgan fingerprint density at radius 2 is 1.20 bits per heavy atom. The zero-order valence-electron chi connectivity index (χ0n) is 10.4. The predicted octanol–water partition coefficient (Wildman–Crippen LogP) is 5.43. The lowest BCUT2D eigenvalue weighted by Crippen LogP contribution is -2.04. The van der Waals surface area contributed by atoms with E-state index in [2.05, 4.69) is 15.9 Å². The quantitative estimate of drug-likeness (QED) is 0.365. The lowest BCUT2D eigenvalue weighted by molar-refractivity contribution is 0.381. The van der Waals surface area contributed by atoms with Crippen molar-refractivity contribution in [3.8, 4) is 11.1 Å². The molecule has 0 spiro atoms. The van der Waals surface area contributed by atoms with Crippen molar-refractivity contribution >= 4 is 15.9 Å². The number of hydrogen-bond donors (Lipinski definition) is 0. The van der Waals surface area contributed by atoms with Crippen LogP contribution in [-0.4, -0.2) is 0 Å². The van der Waals surface area contributed by atoms with Crippen LogP contribution in [0.5, 0.6) is 0 Å². The van der Waals surface area contributed by atoms with Gasteiger partial charge in [0.25, 0.3) is 0 Å². The molecule has 0 atom stereocenters. The van der Waals surface area contributed by atoms with Crippen molar-refractivity contribution in [3.63, 3.8) is 0 Å². The van der Waals surface area contributed by atoms with Gasteiger partial charge in [0, 0.05) is 10.0 Å². The van der Waals surface area contributed by atoms with Gasteiger partial charge in [0.1, 0.15) is 0 Å². The minimum Gasteiger partial charge on any atom is -0.203 e. The van der Waals surface area contributed by atoms with Crippen LogP contribution in [0.15, 0.2) is 16.6 Å². The lowest BCUT2D eigenvalue weighted by Gasteiger charge is -2.12. The van der Waals surface area contributed by atoms with Crippen LogP contribution in [0.3, 0.4) is 0 Å². The van der Waals surface area contributed by atoms with Crippen LogP contribution in [0.1, 0.15) is 11.1 Å². The van der Waals surface area contributed by atoms with E-state index in [0.29, 0.717) is 11.1 Å². The summed E-state index contributed by atoms with van der Waals surface area (Å²) in [5.41, 5.74) is 0.268. The van der Waals surface area contributed by atoms with Gasteiger partial charge < -0.3 is 0 Å². The Bertz CT molecular complexity index is 680. The molecular weight excluding hydrogens is 343 g/mol. The average Bonchev–Trinajstić information content (AvgIpc) is 2.39. The fourth-order valence-corrected chi connectivity index (χ4v) is 2.40. The topological polar surface area (TPSA) is 0 Å². The van der Waals surface area contributed by atoms with E-state index in [-0.39, 0.29) is 10.0 Å². The van der Waals surface area contributed by atoms with E-state index in [9.17, 15) is 22.0 Å². The lowest BCUT2D eigenvalue weighted by atomic mass is 9.99. The van der Waals surface area contributed by atoms with Crippen molar-refractivity contribution in [2.45, 2.75) is 13.8 Å². The van der Waals surface area contributed by atoms with Crippen molar-refractivity contribution in [1.82, 2.24) is 0 Å². The van der Waals surface area contributed by atoms with Gasteiger partial charge in [0.15, 0.2) is 23.3 Å². The monoisotopic (exact) mass is 350 g/mol. The van der Waals surface area contributed by atoms with Crippen LogP contribution in [-0.2, 0) is 0 Å². The molecule has 0 amide bonds. The fraction of sp³-hybridized carbons (Fsp3) is 0.143. The highest BCUT2D eigenvalue weighted by Gasteiger charge is 2.27. The summed E-state index contributed by atoms with van der Waals surface area (Å²) >= 11 is 3.12. The maximum atomic E-state index is 13.8. The van der Waals surface area contributed by atoms with Crippen molar-refractivity contribution in [2.24, 2.45) is 0 Å². The largest absolute Gasteiger partial charge is 0.203 e. The highest BCUT2D eigenvalue weighted by Crippen LogP contribution is 2.37.